The lowest BCUT2D eigenvalue weighted by molar-refractivity contribution is -0.137. The largest absolute Gasteiger partial charge is 0.467 e. The zero-order valence-electron chi connectivity index (χ0n) is 19.1. The number of carbonyl (C=O) groups excluding carboxylic acids is 1. The monoisotopic (exact) mass is 487 g/mol. The summed E-state index contributed by atoms with van der Waals surface area (Å²) in [5, 5.41) is 7.11. The normalized spacial score (nSPS) is 16.4. The van der Waals surface area contributed by atoms with Crippen LogP contribution in [0.15, 0.2) is 31.0 Å². The summed E-state index contributed by atoms with van der Waals surface area (Å²) >= 11 is 0. The van der Waals surface area contributed by atoms with Crippen molar-refractivity contribution in [1.29, 1.82) is 0 Å². The number of nitrogens with zero attached hydrogens (tertiary/aromatic N) is 6. The molecule has 0 atom stereocenters. The molecule has 184 valence electrons. The fraction of sp³-hybridized carbons (Fsp3) is 0.391. The maximum Gasteiger partial charge on any atom is 0.418 e. The van der Waals surface area contributed by atoms with E-state index in [-0.39, 0.29) is 24.1 Å². The summed E-state index contributed by atoms with van der Waals surface area (Å²) in [6.07, 6.45) is -1.33. The Bertz CT molecular complexity index is 1280. The van der Waals surface area contributed by atoms with Gasteiger partial charge in [-0.25, -0.2) is 0 Å². The topological polar surface area (TPSA) is 90.5 Å². The number of nitrogens with one attached hydrogen (secondary N) is 1. The standard InChI is InChI=1S/C23H24F3N7O2/c1-3-19(34)31-8-10-32(11-9-31)21-14-6-7-33(13-18(14)28-22(29-21)35-2)20-15-12-27-30-17(15)5-4-16(20)23(24,25)26/h3-5,12H,1,6-11,13H2,2H3,(H,27,30). The first kappa shape index (κ1) is 22.9. The second-order valence-electron chi connectivity index (χ2n) is 8.44. The number of aromatic amines is 1. The number of carbonyl (C=O) groups is 1. The van der Waals surface area contributed by atoms with E-state index in [4.69, 9.17) is 4.74 Å². The summed E-state index contributed by atoms with van der Waals surface area (Å²) in [4.78, 5) is 26.5. The predicted molar refractivity (Wildman–Crippen MR) is 123 cm³/mol. The van der Waals surface area contributed by atoms with Crippen molar-refractivity contribution in [2.45, 2.75) is 19.1 Å². The molecule has 35 heavy (non-hydrogen) atoms. The second kappa shape index (κ2) is 8.75. The lowest BCUT2D eigenvalue weighted by Crippen LogP contribution is -2.49. The maximum absolute atomic E-state index is 13.9. The molecule has 0 aliphatic carbocycles. The van der Waals surface area contributed by atoms with Crippen LogP contribution in [-0.2, 0) is 23.9 Å². The summed E-state index contributed by atoms with van der Waals surface area (Å²) in [6.45, 7) is 6.26. The summed E-state index contributed by atoms with van der Waals surface area (Å²) in [7, 11) is 1.46. The highest BCUT2D eigenvalue weighted by Gasteiger charge is 2.37. The van der Waals surface area contributed by atoms with E-state index < -0.39 is 11.7 Å². The Kier molecular flexibility index (Phi) is 5.73. The molecule has 4 heterocycles. The molecular formula is C23H24F3N7O2. The van der Waals surface area contributed by atoms with Crippen molar-refractivity contribution in [2.24, 2.45) is 0 Å². The average Bonchev–Trinajstić information content (AvgIpc) is 3.35. The summed E-state index contributed by atoms with van der Waals surface area (Å²) < 4.78 is 47.1. The Morgan fingerprint density at radius 2 is 1.91 bits per heavy atom. The van der Waals surface area contributed by atoms with Crippen molar-refractivity contribution >= 4 is 28.3 Å². The number of H-pyrrole nitrogens is 1. The third kappa shape index (κ3) is 4.13. The van der Waals surface area contributed by atoms with Crippen LogP contribution in [0.2, 0.25) is 0 Å². The van der Waals surface area contributed by atoms with Gasteiger partial charge in [0.05, 0.1) is 42.3 Å². The maximum atomic E-state index is 13.9. The molecule has 0 bridgehead atoms. The fourth-order valence-corrected chi connectivity index (χ4v) is 4.77. The summed E-state index contributed by atoms with van der Waals surface area (Å²) in [5.41, 5.74) is 1.42. The Hall–Kier alpha value is -3.83. The molecule has 12 heteroatoms. The smallest absolute Gasteiger partial charge is 0.418 e. The van der Waals surface area contributed by atoms with Crippen molar-refractivity contribution < 1.29 is 22.7 Å². The van der Waals surface area contributed by atoms with E-state index >= 15 is 0 Å². The summed E-state index contributed by atoms with van der Waals surface area (Å²) in [5.74, 6) is 0.589. The first-order valence-electron chi connectivity index (χ1n) is 11.2. The van der Waals surface area contributed by atoms with Crippen molar-refractivity contribution in [2.75, 3.05) is 49.6 Å². The molecule has 2 aromatic heterocycles. The van der Waals surface area contributed by atoms with Crippen molar-refractivity contribution in [3.05, 3.63) is 47.8 Å². The Balaban J connectivity index is 1.50. The minimum absolute atomic E-state index is 0.0880. The van der Waals surface area contributed by atoms with Gasteiger partial charge in [-0.2, -0.15) is 28.2 Å². The Morgan fingerprint density at radius 1 is 1.14 bits per heavy atom. The van der Waals surface area contributed by atoms with Crippen LogP contribution < -0.4 is 14.5 Å². The third-order valence-corrected chi connectivity index (χ3v) is 6.49. The molecule has 3 aromatic rings. The zero-order chi connectivity index (χ0) is 24.7. The molecule has 1 aromatic carbocycles. The lowest BCUT2D eigenvalue weighted by Gasteiger charge is -2.38. The summed E-state index contributed by atoms with van der Waals surface area (Å²) in [6, 6.07) is 2.64. The molecule has 1 saturated heterocycles. The number of rotatable bonds is 4. The van der Waals surface area contributed by atoms with Gasteiger partial charge >= 0.3 is 12.2 Å². The number of methoxy groups -OCH3 is 1. The van der Waals surface area contributed by atoms with Gasteiger partial charge < -0.3 is 19.4 Å². The number of anilines is 2. The van der Waals surface area contributed by atoms with Crippen LogP contribution in [0.4, 0.5) is 24.7 Å². The SMILES string of the molecule is C=CC(=O)N1CCN(c2nc(OC)nc3c2CCN(c2c(C(F)(F)F)ccc4[nH]ncc24)C3)CC1. The third-order valence-electron chi connectivity index (χ3n) is 6.49. The highest BCUT2D eigenvalue weighted by molar-refractivity contribution is 5.94. The second-order valence-corrected chi connectivity index (χ2v) is 8.44. The highest BCUT2D eigenvalue weighted by Crippen LogP contribution is 2.42. The van der Waals surface area contributed by atoms with Crippen molar-refractivity contribution in [3.63, 3.8) is 0 Å². The van der Waals surface area contributed by atoms with Crippen LogP contribution in [0.5, 0.6) is 6.01 Å². The number of aromatic nitrogens is 4. The van der Waals surface area contributed by atoms with E-state index in [1.807, 2.05) is 0 Å². The minimum Gasteiger partial charge on any atom is -0.467 e. The molecule has 1 fully saturated rings. The van der Waals surface area contributed by atoms with Gasteiger partial charge in [-0.15, -0.1) is 0 Å². The molecule has 2 aliphatic heterocycles. The zero-order valence-corrected chi connectivity index (χ0v) is 19.1. The molecule has 5 rings (SSSR count). The number of halogens is 3. The number of fused-ring (bicyclic) bond motifs is 2. The first-order valence-corrected chi connectivity index (χ1v) is 11.2. The van der Waals surface area contributed by atoms with Gasteiger partial charge in [0.1, 0.15) is 5.82 Å². The van der Waals surface area contributed by atoms with Gasteiger partial charge in [-0.3, -0.25) is 9.89 Å². The predicted octanol–water partition coefficient (Wildman–Crippen LogP) is 2.78. The molecule has 1 amide bonds. The van der Waals surface area contributed by atoms with E-state index in [0.717, 1.165) is 11.6 Å². The average molecular weight is 487 g/mol. The molecule has 2 aliphatic rings. The molecule has 0 saturated carbocycles. The van der Waals surface area contributed by atoms with Crippen LogP contribution in [0.25, 0.3) is 10.9 Å². The number of hydrogen-bond acceptors (Lipinski definition) is 7. The van der Waals surface area contributed by atoms with Gasteiger partial charge in [0.15, 0.2) is 0 Å². The van der Waals surface area contributed by atoms with Crippen LogP contribution in [0, 0.1) is 0 Å². The number of benzene rings is 1. The Labute approximate surface area is 199 Å². The number of alkyl halides is 3. The van der Waals surface area contributed by atoms with Crippen molar-refractivity contribution in [1.82, 2.24) is 25.1 Å². The molecule has 9 nitrogen and oxygen atoms in total. The van der Waals surface area contributed by atoms with E-state index in [9.17, 15) is 18.0 Å². The van der Waals surface area contributed by atoms with Crippen LogP contribution in [-0.4, -0.2) is 70.8 Å². The Morgan fingerprint density at radius 3 is 2.60 bits per heavy atom. The first-order chi connectivity index (χ1) is 16.8. The van der Waals surface area contributed by atoms with E-state index in [1.54, 1.807) is 9.80 Å². The molecule has 0 spiro atoms. The number of piperazine rings is 1. The minimum atomic E-state index is -4.52. The van der Waals surface area contributed by atoms with Crippen LogP contribution >= 0.6 is 0 Å². The quantitative estimate of drug-likeness (QED) is 0.566. The number of ether oxygens (including phenoxy) is 1. The van der Waals surface area contributed by atoms with E-state index in [1.165, 1.54) is 25.4 Å². The van der Waals surface area contributed by atoms with Gasteiger partial charge in [0.2, 0.25) is 5.91 Å². The lowest BCUT2D eigenvalue weighted by atomic mass is 10.0. The molecular weight excluding hydrogens is 463 g/mol. The van der Waals surface area contributed by atoms with Gasteiger partial charge in [-0.1, -0.05) is 6.58 Å². The van der Waals surface area contributed by atoms with Gasteiger partial charge in [0, 0.05) is 43.7 Å². The van der Waals surface area contributed by atoms with Crippen LogP contribution in [0.1, 0.15) is 16.8 Å². The molecule has 0 unspecified atom stereocenters. The van der Waals surface area contributed by atoms with Crippen molar-refractivity contribution in [3.8, 4) is 6.01 Å². The highest BCUT2D eigenvalue weighted by atomic mass is 19.4. The van der Waals surface area contributed by atoms with E-state index in [2.05, 4.69) is 31.6 Å². The van der Waals surface area contributed by atoms with Crippen LogP contribution in [0.3, 0.4) is 0 Å². The fourth-order valence-electron chi connectivity index (χ4n) is 4.77. The van der Waals surface area contributed by atoms with Gasteiger partial charge in [-0.05, 0) is 24.6 Å². The number of amides is 1. The molecule has 0 radical (unpaired) electrons. The van der Waals surface area contributed by atoms with Gasteiger partial charge in [0.25, 0.3) is 0 Å². The number of hydrogen-bond donors (Lipinski definition) is 1. The molecule has 1 N–H and O–H groups in total. The van der Waals surface area contributed by atoms with E-state index in [0.29, 0.717) is 61.6 Å².